The predicted molar refractivity (Wildman–Crippen MR) is 133 cm³/mol. The number of nitrogens with zero attached hydrogens (tertiary/aromatic N) is 3. The number of benzene rings is 1. The Balaban J connectivity index is 1.61. The molecule has 4 rings (SSSR count). The van der Waals surface area contributed by atoms with Crippen molar-refractivity contribution in [2.75, 3.05) is 0 Å². The quantitative estimate of drug-likeness (QED) is 0.608. The molecule has 0 saturated carbocycles. The number of aliphatic imine (C=N–C) groups is 1. The van der Waals surface area contributed by atoms with E-state index in [1.54, 1.807) is 12.4 Å². The Labute approximate surface area is 204 Å². The molecule has 2 aliphatic heterocycles. The molecule has 1 aromatic heterocycles. The second-order valence-corrected chi connectivity index (χ2v) is 9.95. The number of carbonyl (C=O) groups excluding carboxylic acids is 2. The molecule has 2 aliphatic rings. The second-order valence-electron chi connectivity index (χ2n) is 9.11. The van der Waals surface area contributed by atoms with Crippen molar-refractivity contribution in [3.05, 3.63) is 88.4 Å². The fourth-order valence-corrected chi connectivity index (χ4v) is 4.81. The summed E-state index contributed by atoms with van der Waals surface area (Å²) in [6.45, 7) is 7.80. The first-order chi connectivity index (χ1) is 16.2. The Bertz CT molecular complexity index is 1170. The van der Waals surface area contributed by atoms with Crippen LogP contribution in [0.3, 0.4) is 0 Å². The summed E-state index contributed by atoms with van der Waals surface area (Å²) in [6.07, 6.45) is 3.57. The van der Waals surface area contributed by atoms with Crippen molar-refractivity contribution in [2.24, 2.45) is 4.99 Å². The lowest BCUT2D eigenvalue weighted by Crippen LogP contribution is -2.39. The summed E-state index contributed by atoms with van der Waals surface area (Å²) in [7, 11) is 0. The fourth-order valence-electron chi connectivity index (χ4n) is 3.84. The van der Waals surface area contributed by atoms with Gasteiger partial charge in [0.2, 0.25) is 5.91 Å². The average Bonchev–Trinajstić information content (AvgIpc) is 3.18. The van der Waals surface area contributed by atoms with E-state index >= 15 is 0 Å². The lowest BCUT2D eigenvalue weighted by atomic mass is 9.93. The van der Waals surface area contributed by atoms with Gasteiger partial charge in [-0.25, -0.2) is 9.79 Å². The fraction of sp³-hybridized carbons (Fsp3) is 0.308. The van der Waals surface area contributed by atoms with Gasteiger partial charge in [-0.2, -0.15) is 0 Å². The van der Waals surface area contributed by atoms with E-state index in [1.807, 2.05) is 80.5 Å². The summed E-state index contributed by atoms with van der Waals surface area (Å²) in [5.41, 5.74) is 3.17. The molecule has 0 bridgehead atoms. The molecule has 8 heteroatoms. The minimum atomic E-state index is -0.638. The average molecular weight is 477 g/mol. The van der Waals surface area contributed by atoms with E-state index < -0.39 is 17.6 Å². The van der Waals surface area contributed by atoms with Crippen LogP contribution >= 0.6 is 11.8 Å². The van der Waals surface area contributed by atoms with Gasteiger partial charge in [0.05, 0.1) is 23.7 Å². The van der Waals surface area contributed by atoms with Crippen LogP contribution in [0.4, 0.5) is 0 Å². The number of hydrogen-bond donors (Lipinski definition) is 1. The van der Waals surface area contributed by atoms with E-state index in [1.165, 1.54) is 11.8 Å². The molecule has 0 radical (unpaired) electrons. The van der Waals surface area contributed by atoms with Gasteiger partial charge in [0.25, 0.3) is 0 Å². The summed E-state index contributed by atoms with van der Waals surface area (Å²) in [5.74, 6) is -0.512. The highest BCUT2D eigenvalue weighted by Crippen LogP contribution is 2.45. The van der Waals surface area contributed by atoms with E-state index in [0.29, 0.717) is 17.8 Å². The van der Waals surface area contributed by atoms with Crippen LogP contribution in [0.2, 0.25) is 0 Å². The highest BCUT2D eigenvalue weighted by molar-refractivity contribution is 8.16. The van der Waals surface area contributed by atoms with Gasteiger partial charge in [0, 0.05) is 24.6 Å². The number of carbonyl (C=O) groups is 2. The van der Waals surface area contributed by atoms with E-state index in [4.69, 9.17) is 9.73 Å². The summed E-state index contributed by atoms with van der Waals surface area (Å²) in [5, 5.41) is 5.65. The van der Waals surface area contributed by atoms with Gasteiger partial charge < -0.3 is 15.0 Å². The molecule has 1 amide bonds. The maximum atomic E-state index is 13.3. The number of amidine groups is 1. The largest absolute Gasteiger partial charge is 0.456 e. The van der Waals surface area contributed by atoms with Gasteiger partial charge in [-0.15, -0.1) is 0 Å². The number of hydrogen-bond acceptors (Lipinski definition) is 7. The minimum absolute atomic E-state index is 0.109. The maximum Gasteiger partial charge on any atom is 0.338 e. The first-order valence-electron chi connectivity index (χ1n) is 11.1. The second kappa shape index (κ2) is 9.85. The van der Waals surface area contributed by atoms with Crippen molar-refractivity contribution in [2.45, 2.75) is 52.3 Å². The summed E-state index contributed by atoms with van der Waals surface area (Å²) < 4.78 is 5.75. The molecule has 0 fully saturated rings. The van der Waals surface area contributed by atoms with Crippen LogP contribution in [0.5, 0.6) is 0 Å². The molecule has 1 N–H and O–H groups in total. The lowest BCUT2D eigenvalue weighted by molar-refractivity contribution is -0.150. The molecule has 1 aromatic carbocycles. The Hall–Kier alpha value is -3.39. The maximum absolute atomic E-state index is 13.3. The zero-order valence-electron chi connectivity index (χ0n) is 19.7. The zero-order chi connectivity index (χ0) is 24.3. The summed E-state index contributed by atoms with van der Waals surface area (Å²) in [4.78, 5) is 36.8. The van der Waals surface area contributed by atoms with Crippen molar-refractivity contribution >= 4 is 28.8 Å². The third kappa shape index (κ3) is 5.39. The smallest absolute Gasteiger partial charge is 0.338 e. The molecule has 1 atom stereocenters. The van der Waals surface area contributed by atoms with Gasteiger partial charge in [-0.1, -0.05) is 42.1 Å². The Morgan fingerprint density at radius 2 is 1.82 bits per heavy atom. The standard InChI is InChI=1S/C26H28N4O3S/c1-17-22(24(32)33-26(2,3)4)23(19-8-6-5-7-9-19)30-20(16-34-25(30)29-17)14-21(31)28-15-18-10-12-27-13-11-18/h5-13,16,23H,14-15H2,1-4H3,(H,28,31). The molecule has 1 unspecified atom stereocenters. The van der Waals surface area contributed by atoms with Crippen LogP contribution in [-0.2, 0) is 20.9 Å². The van der Waals surface area contributed by atoms with Gasteiger partial charge in [0.15, 0.2) is 5.17 Å². The third-order valence-corrected chi connectivity index (χ3v) is 6.20. The van der Waals surface area contributed by atoms with Crippen LogP contribution in [0.25, 0.3) is 0 Å². The number of thioether (sulfide) groups is 1. The molecule has 176 valence electrons. The van der Waals surface area contributed by atoms with E-state index in [0.717, 1.165) is 22.0 Å². The third-order valence-electron chi connectivity index (χ3n) is 5.32. The van der Waals surface area contributed by atoms with E-state index in [9.17, 15) is 9.59 Å². The topological polar surface area (TPSA) is 83.9 Å². The van der Waals surface area contributed by atoms with Gasteiger partial charge in [-0.05, 0) is 56.4 Å². The predicted octanol–water partition coefficient (Wildman–Crippen LogP) is 4.70. The van der Waals surface area contributed by atoms with Crippen LogP contribution in [0.15, 0.2) is 82.2 Å². The van der Waals surface area contributed by atoms with Gasteiger partial charge >= 0.3 is 5.97 Å². The highest BCUT2D eigenvalue weighted by Gasteiger charge is 2.41. The summed E-state index contributed by atoms with van der Waals surface area (Å²) >= 11 is 1.46. The van der Waals surface area contributed by atoms with Crippen LogP contribution in [0.1, 0.15) is 51.3 Å². The number of esters is 1. The zero-order valence-corrected chi connectivity index (χ0v) is 20.6. The molecular formula is C26H28N4O3S. The Morgan fingerprint density at radius 1 is 1.12 bits per heavy atom. The molecule has 7 nitrogen and oxygen atoms in total. The molecule has 0 aliphatic carbocycles. The molecular weight excluding hydrogens is 448 g/mol. The van der Waals surface area contributed by atoms with Gasteiger partial charge in [-0.3, -0.25) is 9.78 Å². The molecule has 34 heavy (non-hydrogen) atoms. The minimum Gasteiger partial charge on any atom is -0.456 e. The normalized spacial score (nSPS) is 17.6. The van der Waals surface area contributed by atoms with Gasteiger partial charge in [0.1, 0.15) is 5.60 Å². The SMILES string of the molecule is CC1=C(C(=O)OC(C)(C)C)C(c2ccccc2)N2C(CC(=O)NCc3ccncc3)=CSC2=N1. The number of ether oxygens (including phenoxy) is 1. The molecule has 3 heterocycles. The number of nitrogens with one attached hydrogen (secondary N) is 1. The number of rotatable bonds is 6. The van der Waals surface area contributed by atoms with Crippen LogP contribution in [0, 0.1) is 0 Å². The van der Waals surface area contributed by atoms with Crippen LogP contribution < -0.4 is 5.32 Å². The Morgan fingerprint density at radius 3 is 2.50 bits per heavy atom. The molecule has 0 saturated heterocycles. The number of allylic oxidation sites excluding steroid dienone is 1. The Kier molecular flexibility index (Phi) is 6.88. The van der Waals surface area contributed by atoms with Crippen molar-refractivity contribution in [1.82, 2.24) is 15.2 Å². The van der Waals surface area contributed by atoms with Crippen molar-refractivity contribution in [1.29, 1.82) is 0 Å². The number of fused-ring (bicyclic) bond motifs is 1. The molecule has 0 spiro atoms. The van der Waals surface area contributed by atoms with Crippen molar-refractivity contribution in [3.8, 4) is 0 Å². The first-order valence-corrected chi connectivity index (χ1v) is 12.0. The van der Waals surface area contributed by atoms with E-state index in [2.05, 4.69) is 10.3 Å². The summed E-state index contributed by atoms with van der Waals surface area (Å²) in [6, 6.07) is 13.1. The van der Waals surface area contributed by atoms with Crippen LogP contribution in [-0.4, -0.2) is 32.5 Å². The molecule has 2 aromatic rings. The monoisotopic (exact) mass is 476 g/mol. The van der Waals surface area contributed by atoms with Crippen molar-refractivity contribution < 1.29 is 14.3 Å². The van der Waals surface area contributed by atoms with E-state index in [-0.39, 0.29) is 12.3 Å². The number of pyridine rings is 1. The van der Waals surface area contributed by atoms with Crippen molar-refractivity contribution in [3.63, 3.8) is 0 Å². The number of aromatic nitrogens is 1. The first kappa shape index (κ1) is 23.8. The lowest BCUT2D eigenvalue weighted by Gasteiger charge is -2.37. The number of amides is 1. The highest BCUT2D eigenvalue weighted by atomic mass is 32.2.